The van der Waals surface area contributed by atoms with Gasteiger partial charge in [-0.05, 0) is 99.0 Å². The molecule has 0 aliphatic heterocycles. The minimum Gasteiger partial charge on any atom is -0.292 e. The topological polar surface area (TPSA) is 61.4 Å². The molecule has 0 radical (unpaired) electrons. The molecule has 6 nitrogen and oxygen atoms in total. The highest BCUT2D eigenvalue weighted by Gasteiger charge is 2.27. The van der Waals surface area contributed by atoms with Gasteiger partial charge in [-0.2, -0.15) is 0 Å². The first kappa shape index (κ1) is 48.1. The van der Waals surface area contributed by atoms with Crippen LogP contribution in [-0.4, -0.2) is 29.1 Å². The lowest BCUT2D eigenvalue weighted by atomic mass is 9.79. The van der Waals surface area contributed by atoms with Crippen molar-refractivity contribution < 1.29 is 0 Å². The van der Waals surface area contributed by atoms with Crippen LogP contribution in [0.1, 0.15) is 26.3 Å². The number of aromatic nitrogens is 6. The Labute approximate surface area is 465 Å². The molecule has 0 amide bonds. The Kier molecular flexibility index (Phi) is 12.0. The van der Waals surface area contributed by atoms with Crippen molar-refractivity contribution >= 4 is 33.1 Å². The number of nitrogens with zero attached hydrogens (tertiary/aromatic N) is 6. The lowest BCUT2D eigenvalue weighted by Crippen LogP contribution is -2.14. The Balaban J connectivity index is 0.881. The second kappa shape index (κ2) is 19.9. The zero-order valence-electron chi connectivity index (χ0n) is 44.7. The largest absolute Gasteiger partial charge is 0.292 e. The summed E-state index contributed by atoms with van der Waals surface area (Å²) in [4.78, 5) is 21.9. The van der Waals surface area contributed by atoms with Crippen molar-refractivity contribution in [2.75, 3.05) is 0 Å². The summed E-state index contributed by atoms with van der Waals surface area (Å²) in [5, 5.41) is 0. The molecule has 3 heterocycles. The third-order valence-corrected chi connectivity index (χ3v) is 15.3. The van der Waals surface area contributed by atoms with Gasteiger partial charge in [-0.25, -0.2) is 19.9 Å². The summed E-state index contributed by atoms with van der Waals surface area (Å²) in [5.74, 6) is 1.81. The van der Waals surface area contributed by atoms with Crippen molar-refractivity contribution in [2.45, 2.75) is 26.2 Å². The van der Waals surface area contributed by atoms with Gasteiger partial charge in [0.15, 0.2) is 0 Å². The van der Waals surface area contributed by atoms with E-state index < -0.39 is 0 Å². The molecule has 0 atom stereocenters. The lowest BCUT2D eigenvalue weighted by Gasteiger charge is -2.26. The van der Waals surface area contributed by atoms with Gasteiger partial charge in [0.05, 0.1) is 44.5 Å². The van der Waals surface area contributed by atoms with Crippen LogP contribution in [0.4, 0.5) is 0 Å². The molecule has 80 heavy (non-hydrogen) atoms. The summed E-state index contributed by atoms with van der Waals surface area (Å²) < 4.78 is 4.49. The number of imidazole rings is 2. The number of rotatable bonds is 10. The minimum atomic E-state index is -0.209. The smallest absolute Gasteiger partial charge is 0.145 e. The summed E-state index contributed by atoms with van der Waals surface area (Å²) in [5.41, 5.74) is 23.5. The Morgan fingerprint density at radius 3 is 1.04 bits per heavy atom. The van der Waals surface area contributed by atoms with Crippen LogP contribution < -0.4 is 0 Å². The van der Waals surface area contributed by atoms with Gasteiger partial charge in [-0.15, -0.1) is 0 Å². The minimum absolute atomic E-state index is 0.209. The van der Waals surface area contributed by atoms with Crippen LogP contribution in [0.3, 0.4) is 0 Å². The van der Waals surface area contributed by atoms with Crippen molar-refractivity contribution in [3.63, 3.8) is 0 Å². The Morgan fingerprint density at radius 2 is 0.625 bits per heavy atom. The van der Waals surface area contributed by atoms with Crippen molar-refractivity contribution in [1.82, 2.24) is 29.1 Å². The molecule has 0 aliphatic rings. The van der Waals surface area contributed by atoms with Crippen LogP contribution in [0.15, 0.2) is 273 Å². The van der Waals surface area contributed by atoms with Crippen LogP contribution in [0, 0.1) is 0 Å². The predicted molar refractivity (Wildman–Crippen MR) is 331 cm³/mol. The standard InChI is InChI=1S/C74H54N6/c1-74(2,3)62-48-61(53-20-8-4-9-21-53)70-71(67(62)54-22-10-5-11-23-54)78-69(56-42-34-50(35-43-56)52-38-46-58(47-39-52)73-76-64-29-17-19-31-66(64)80(73)60-26-14-7-15-27-60)68(77-70)55-40-32-49(33-41-55)51-36-44-57(45-37-51)72-75-63-28-16-18-30-65(63)79(72)59-24-12-6-13-25-59/h4-48H,1-3H3. The average Bonchev–Trinajstić information content (AvgIpc) is 4.22. The maximum absolute atomic E-state index is 5.84. The van der Waals surface area contributed by atoms with Crippen LogP contribution in [-0.2, 0) is 5.41 Å². The van der Waals surface area contributed by atoms with Crippen LogP contribution in [0.25, 0.3) is 134 Å². The molecule has 14 aromatic rings. The Hall–Kier alpha value is -10.3. The summed E-state index contributed by atoms with van der Waals surface area (Å²) in [6, 6.07) is 96.4. The van der Waals surface area contributed by atoms with E-state index >= 15 is 0 Å². The van der Waals surface area contributed by atoms with Gasteiger partial charge in [-0.3, -0.25) is 9.13 Å². The summed E-state index contributed by atoms with van der Waals surface area (Å²) in [7, 11) is 0. The normalized spacial score (nSPS) is 11.7. The number of fused-ring (bicyclic) bond motifs is 3. The van der Waals surface area contributed by atoms with E-state index in [2.05, 4.69) is 279 Å². The van der Waals surface area contributed by atoms with Crippen LogP contribution >= 0.6 is 0 Å². The molecule has 0 fully saturated rings. The Morgan fingerprint density at radius 1 is 0.287 bits per heavy atom. The summed E-state index contributed by atoms with van der Waals surface area (Å²) in [6.07, 6.45) is 0. The first-order valence-corrected chi connectivity index (χ1v) is 27.3. The van der Waals surface area contributed by atoms with E-state index in [0.717, 1.165) is 134 Å². The first-order valence-electron chi connectivity index (χ1n) is 27.3. The van der Waals surface area contributed by atoms with E-state index in [1.54, 1.807) is 0 Å². The third-order valence-electron chi connectivity index (χ3n) is 15.3. The lowest BCUT2D eigenvalue weighted by molar-refractivity contribution is 0.593. The second-order valence-corrected chi connectivity index (χ2v) is 21.4. The fourth-order valence-corrected chi connectivity index (χ4v) is 11.3. The highest BCUT2D eigenvalue weighted by Crippen LogP contribution is 2.45. The number of hydrogen-bond donors (Lipinski definition) is 0. The van der Waals surface area contributed by atoms with Gasteiger partial charge in [0, 0.05) is 44.8 Å². The molecule has 11 aromatic carbocycles. The van der Waals surface area contributed by atoms with Crippen molar-refractivity contribution in [3.05, 3.63) is 279 Å². The molecule has 0 aliphatic carbocycles. The van der Waals surface area contributed by atoms with Gasteiger partial charge in [0.1, 0.15) is 11.6 Å². The number of para-hydroxylation sites is 6. The summed E-state index contributed by atoms with van der Waals surface area (Å²) >= 11 is 0. The maximum atomic E-state index is 5.84. The summed E-state index contributed by atoms with van der Waals surface area (Å²) in [6.45, 7) is 6.87. The highest BCUT2D eigenvalue weighted by molar-refractivity contribution is 6.05. The van der Waals surface area contributed by atoms with E-state index in [1.807, 2.05) is 24.3 Å². The predicted octanol–water partition coefficient (Wildman–Crippen LogP) is 18.9. The number of benzene rings is 11. The molecule has 6 heteroatoms. The van der Waals surface area contributed by atoms with E-state index in [9.17, 15) is 0 Å². The van der Waals surface area contributed by atoms with Gasteiger partial charge in [0.25, 0.3) is 0 Å². The van der Waals surface area contributed by atoms with Crippen molar-refractivity contribution in [1.29, 1.82) is 0 Å². The zero-order valence-corrected chi connectivity index (χ0v) is 44.7. The monoisotopic (exact) mass is 1030 g/mol. The molecule has 0 saturated heterocycles. The molecule has 0 N–H and O–H groups in total. The SMILES string of the molecule is CC(C)(C)c1cc(-c2ccccc2)c2nc(-c3ccc(-c4ccc(-c5nc6ccccc6n5-c5ccccc5)cc4)cc3)c(-c3ccc(-c4ccc(-c5nc6ccccc6n5-c5ccccc5)cc4)cc3)nc2c1-c1ccccc1. The Bertz CT molecular complexity index is 4540. The van der Waals surface area contributed by atoms with Gasteiger partial charge in [-0.1, -0.05) is 239 Å². The van der Waals surface area contributed by atoms with E-state index in [4.69, 9.17) is 19.9 Å². The van der Waals surface area contributed by atoms with Crippen LogP contribution in [0.5, 0.6) is 0 Å². The fraction of sp³-hybridized carbons (Fsp3) is 0.0541. The van der Waals surface area contributed by atoms with E-state index in [0.29, 0.717) is 0 Å². The van der Waals surface area contributed by atoms with Gasteiger partial charge < -0.3 is 0 Å². The second-order valence-electron chi connectivity index (χ2n) is 21.4. The molecule has 0 unspecified atom stereocenters. The molecule has 3 aromatic heterocycles. The molecular weight excluding hydrogens is 973 g/mol. The van der Waals surface area contributed by atoms with Crippen molar-refractivity contribution in [3.8, 4) is 101 Å². The molecule has 0 saturated carbocycles. The van der Waals surface area contributed by atoms with Crippen LogP contribution in [0.2, 0.25) is 0 Å². The number of hydrogen-bond acceptors (Lipinski definition) is 4. The van der Waals surface area contributed by atoms with Gasteiger partial charge >= 0.3 is 0 Å². The van der Waals surface area contributed by atoms with E-state index in [1.165, 1.54) is 5.56 Å². The average molecular weight is 1030 g/mol. The van der Waals surface area contributed by atoms with E-state index in [-0.39, 0.29) is 5.41 Å². The molecule has 380 valence electrons. The van der Waals surface area contributed by atoms with Crippen molar-refractivity contribution in [2.24, 2.45) is 0 Å². The molecular formula is C74H54N6. The quantitative estimate of drug-likeness (QED) is 0.137. The first-order chi connectivity index (χ1) is 39.3. The fourth-order valence-electron chi connectivity index (χ4n) is 11.3. The molecule has 14 rings (SSSR count). The molecule has 0 bridgehead atoms. The highest BCUT2D eigenvalue weighted by atomic mass is 15.1. The zero-order chi connectivity index (χ0) is 53.7. The third kappa shape index (κ3) is 8.73. The maximum Gasteiger partial charge on any atom is 0.145 e. The van der Waals surface area contributed by atoms with Gasteiger partial charge in [0.2, 0.25) is 0 Å². The molecule has 0 spiro atoms.